The van der Waals surface area contributed by atoms with E-state index in [9.17, 15) is 18.0 Å². The number of carbonyl (C=O) groups is 1. The summed E-state index contributed by atoms with van der Waals surface area (Å²) in [6, 6.07) is 10.9. The average molecular weight is 452 g/mol. The number of aryl methyl sites for hydroxylation is 1. The average Bonchev–Trinajstić information content (AvgIpc) is 3.14. The van der Waals surface area contributed by atoms with Crippen molar-refractivity contribution in [3.63, 3.8) is 0 Å². The Kier molecular flexibility index (Phi) is 5.96. The van der Waals surface area contributed by atoms with Crippen LogP contribution in [0.4, 0.5) is 13.2 Å². The monoisotopic (exact) mass is 451 g/mol. The van der Waals surface area contributed by atoms with Crippen LogP contribution in [0, 0.1) is 5.92 Å². The van der Waals surface area contributed by atoms with Crippen LogP contribution in [0.5, 0.6) is 5.06 Å². The van der Waals surface area contributed by atoms with Gasteiger partial charge in [-0.05, 0) is 50.5 Å². The number of nitrogens with zero attached hydrogens (tertiary/aromatic N) is 2. The van der Waals surface area contributed by atoms with E-state index in [1.165, 1.54) is 6.07 Å². The van der Waals surface area contributed by atoms with Gasteiger partial charge in [-0.2, -0.15) is 13.2 Å². The Balaban J connectivity index is 1.32. The van der Waals surface area contributed by atoms with E-state index in [0.29, 0.717) is 6.42 Å². The molecular formula is C22H24F3N3O2S. The first kappa shape index (κ1) is 21.7. The van der Waals surface area contributed by atoms with Gasteiger partial charge in [0.05, 0.1) is 17.1 Å². The van der Waals surface area contributed by atoms with Crippen molar-refractivity contribution >= 4 is 28.3 Å². The zero-order valence-electron chi connectivity index (χ0n) is 17.3. The van der Waals surface area contributed by atoms with Gasteiger partial charge >= 0.3 is 6.18 Å². The van der Waals surface area contributed by atoms with Gasteiger partial charge in [0.1, 0.15) is 5.82 Å². The van der Waals surface area contributed by atoms with Crippen LogP contribution < -0.4 is 10.1 Å². The number of benzene rings is 1. The third-order valence-corrected chi connectivity index (χ3v) is 6.67. The second kappa shape index (κ2) is 8.53. The molecule has 1 aromatic carbocycles. The summed E-state index contributed by atoms with van der Waals surface area (Å²) in [5.74, 6) is 1.51. The maximum Gasteiger partial charge on any atom is 0.422 e. The van der Waals surface area contributed by atoms with Crippen LogP contribution in [-0.2, 0) is 11.3 Å². The molecule has 1 fully saturated rings. The summed E-state index contributed by atoms with van der Waals surface area (Å²) >= 11 is 1.11. The summed E-state index contributed by atoms with van der Waals surface area (Å²) in [6.07, 6.45) is -3.03. The predicted molar refractivity (Wildman–Crippen MR) is 113 cm³/mol. The van der Waals surface area contributed by atoms with Crippen LogP contribution in [0.1, 0.15) is 49.4 Å². The van der Waals surface area contributed by atoms with Gasteiger partial charge in [-0.15, -0.1) is 11.3 Å². The third-order valence-electron chi connectivity index (χ3n) is 5.49. The minimum absolute atomic E-state index is 0.0645. The van der Waals surface area contributed by atoms with Gasteiger partial charge in [0, 0.05) is 23.8 Å². The number of imidazole rings is 1. The van der Waals surface area contributed by atoms with Crippen molar-refractivity contribution < 1.29 is 22.7 Å². The summed E-state index contributed by atoms with van der Waals surface area (Å²) < 4.78 is 43.8. The van der Waals surface area contributed by atoms with Crippen molar-refractivity contribution in [1.29, 1.82) is 0 Å². The van der Waals surface area contributed by atoms with E-state index in [1.54, 1.807) is 6.07 Å². The second-order valence-electron chi connectivity index (χ2n) is 7.86. The molecule has 0 aliphatic heterocycles. The first-order valence-corrected chi connectivity index (χ1v) is 11.1. The molecule has 0 radical (unpaired) electrons. The Hall–Kier alpha value is -2.55. The number of aromatic nitrogens is 2. The molecule has 0 bridgehead atoms. The first-order chi connectivity index (χ1) is 14.7. The topological polar surface area (TPSA) is 56.2 Å². The van der Waals surface area contributed by atoms with Crippen molar-refractivity contribution in [2.24, 2.45) is 5.92 Å². The van der Waals surface area contributed by atoms with E-state index in [4.69, 9.17) is 9.72 Å². The molecular weight excluding hydrogens is 427 g/mol. The number of rotatable bonds is 8. The van der Waals surface area contributed by atoms with Gasteiger partial charge in [-0.25, -0.2) is 4.98 Å². The standard InChI is InChI=1S/C22H24F3N3O2S/c1-3-28-17-7-5-4-6-16(17)27-21(28)15-10-14(15)11-19(29)26-13(2)18-8-9-20(31-18)30-12-22(23,24)25/h4-9,13-15H,3,10-12H2,1-2H3,(H,26,29)/t13-,14+,15+/m1/s1. The zero-order valence-corrected chi connectivity index (χ0v) is 18.1. The highest BCUT2D eigenvalue weighted by Gasteiger charge is 2.43. The number of hydrogen-bond donors (Lipinski definition) is 1. The third kappa shape index (κ3) is 5.03. The van der Waals surface area contributed by atoms with Crippen LogP contribution in [-0.4, -0.2) is 28.2 Å². The number of thiophene rings is 1. The molecule has 166 valence electrons. The molecule has 0 unspecified atom stereocenters. The molecule has 5 nitrogen and oxygen atoms in total. The smallest absolute Gasteiger partial charge is 0.422 e. The molecule has 0 saturated heterocycles. The van der Waals surface area contributed by atoms with Crippen molar-refractivity contribution in [2.45, 2.75) is 51.4 Å². The van der Waals surface area contributed by atoms with Crippen molar-refractivity contribution in [3.05, 3.63) is 47.1 Å². The predicted octanol–water partition coefficient (Wildman–Crippen LogP) is 5.43. The largest absolute Gasteiger partial charge is 0.475 e. The van der Waals surface area contributed by atoms with E-state index in [2.05, 4.69) is 22.9 Å². The fraction of sp³-hybridized carbons (Fsp3) is 0.455. The second-order valence-corrected chi connectivity index (χ2v) is 8.94. The molecule has 2 heterocycles. The van der Waals surface area contributed by atoms with E-state index in [0.717, 1.165) is 46.0 Å². The summed E-state index contributed by atoms with van der Waals surface area (Å²) in [5.41, 5.74) is 2.09. The maximum atomic E-state index is 12.5. The molecule has 9 heteroatoms. The lowest BCUT2D eigenvalue weighted by Crippen LogP contribution is -2.26. The molecule has 4 rings (SSSR count). The molecule has 0 spiro atoms. The Bertz CT molecular complexity index is 1080. The Morgan fingerprint density at radius 3 is 2.84 bits per heavy atom. The first-order valence-electron chi connectivity index (χ1n) is 10.3. The van der Waals surface area contributed by atoms with Gasteiger partial charge in [-0.1, -0.05) is 12.1 Å². The molecule has 2 aromatic heterocycles. The molecule has 1 saturated carbocycles. The van der Waals surface area contributed by atoms with Gasteiger partial charge < -0.3 is 14.6 Å². The summed E-state index contributed by atoms with van der Waals surface area (Å²) in [4.78, 5) is 18.1. The number of fused-ring (bicyclic) bond motifs is 1. The molecule has 3 aromatic rings. The van der Waals surface area contributed by atoms with Crippen LogP contribution in [0.2, 0.25) is 0 Å². The Morgan fingerprint density at radius 1 is 1.32 bits per heavy atom. The molecule has 3 atom stereocenters. The van der Waals surface area contributed by atoms with E-state index < -0.39 is 12.8 Å². The Labute approximate surface area is 182 Å². The van der Waals surface area contributed by atoms with E-state index in [1.807, 2.05) is 25.1 Å². The molecule has 1 N–H and O–H groups in total. The van der Waals surface area contributed by atoms with Crippen molar-refractivity contribution in [2.75, 3.05) is 6.61 Å². The van der Waals surface area contributed by atoms with Crippen LogP contribution >= 0.6 is 11.3 Å². The van der Waals surface area contributed by atoms with Gasteiger partial charge in [0.25, 0.3) is 0 Å². The molecule has 31 heavy (non-hydrogen) atoms. The zero-order chi connectivity index (χ0) is 22.2. The van der Waals surface area contributed by atoms with Crippen LogP contribution in [0.3, 0.4) is 0 Å². The minimum atomic E-state index is -4.37. The number of alkyl halides is 3. The van der Waals surface area contributed by atoms with Gasteiger partial charge in [0.2, 0.25) is 5.91 Å². The van der Waals surface area contributed by atoms with Crippen molar-refractivity contribution in [1.82, 2.24) is 14.9 Å². The summed E-state index contributed by atoms with van der Waals surface area (Å²) in [6.45, 7) is 3.42. The molecule has 1 amide bonds. The number of carbonyl (C=O) groups excluding carboxylic acids is 1. The highest BCUT2D eigenvalue weighted by molar-refractivity contribution is 7.13. The maximum absolute atomic E-state index is 12.5. The fourth-order valence-electron chi connectivity index (χ4n) is 3.91. The number of para-hydroxylation sites is 2. The lowest BCUT2D eigenvalue weighted by Gasteiger charge is -2.12. The normalized spacial score (nSPS) is 19.4. The van der Waals surface area contributed by atoms with Crippen LogP contribution in [0.15, 0.2) is 36.4 Å². The summed E-state index contributed by atoms with van der Waals surface area (Å²) in [7, 11) is 0. The molecule has 1 aliphatic rings. The molecule has 1 aliphatic carbocycles. The fourth-order valence-corrected chi connectivity index (χ4v) is 4.76. The van der Waals surface area contributed by atoms with Gasteiger partial charge in [0.15, 0.2) is 11.7 Å². The number of nitrogens with one attached hydrogen (secondary N) is 1. The van der Waals surface area contributed by atoms with Gasteiger partial charge in [-0.3, -0.25) is 4.79 Å². The SMILES string of the molecule is CCn1c([C@H]2C[C@H]2CC(=O)N[C@H](C)c2ccc(OCC(F)(F)F)s2)nc2ccccc21. The number of hydrogen-bond acceptors (Lipinski definition) is 4. The van der Waals surface area contributed by atoms with Crippen LogP contribution in [0.25, 0.3) is 11.0 Å². The van der Waals surface area contributed by atoms with E-state index >= 15 is 0 Å². The Morgan fingerprint density at radius 2 is 2.10 bits per heavy atom. The number of halogens is 3. The highest BCUT2D eigenvalue weighted by Crippen LogP contribution is 2.49. The quantitative estimate of drug-likeness (QED) is 0.497. The lowest BCUT2D eigenvalue weighted by molar-refractivity contribution is -0.152. The highest BCUT2D eigenvalue weighted by atomic mass is 32.1. The number of ether oxygens (including phenoxy) is 1. The van der Waals surface area contributed by atoms with Crippen molar-refractivity contribution in [3.8, 4) is 5.06 Å². The lowest BCUT2D eigenvalue weighted by atomic mass is 10.2. The minimum Gasteiger partial charge on any atom is -0.475 e. The summed E-state index contributed by atoms with van der Waals surface area (Å²) in [5, 5.41) is 3.14. The van der Waals surface area contributed by atoms with E-state index in [-0.39, 0.29) is 28.8 Å². The number of amides is 1.